The van der Waals surface area contributed by atoms with Crippen LogP contribution >= 0.6 is 0 Å². The molecule has 2 aromatic carbocycles. The molecule has 1 heterocycles. The van der Waals surface area contributed by atoms with Crippen molar-refractivity contribution in [1.29, 1.82) is 0 Å². The van der Waals surface area contributed by atoms with Crippen molar-refractivity contribution in [3.8, 4) is 22.6 Å². The Balaban J connectivity index is 1.51. The van der Waals surface area contributed by atoms with Crippen LogP contribution in [0.3, 0.4) is 0 Å². The maximum absolute atomic E-state index is 6.43. The van der Waals surface area contributed by atoms with Crippen LogP contribution in [0.15, 0.2) is 54.9 Å². The van der Waals surface area contributed by atoms with Crippen molar-refractivity contribution in [2.24, 2.45) is 5.73 Å². The van der Waals surface area contributed by atoms with Crippen molar-refractivity contribution >= 4 is 5.95 Å². The summed E-state index contributed by atoms with van der Waals surface area (Å²) in [5.74, 6) is 1.91. The van der Waals surface area contributed by atoms with Crippen molar-refractivity contribution in [2.75, 3.05) is 12.8 Å². The van der Waals surface area contributed by atoms with Crippen molar-refractivity contribution in [1.82, 2.24) is 9.97 Å². The first-order chi connectivity index (χ1) is 16.6. The van der Waals surface area contributed by atoms with Crippen LogP contribution < -0.4 is 20.9 Å². The third kappa shape index (κ3) is 4.47. The molecule has 0 saturated heterocycles. The molecule has 2 unspecified atom stereocenters. The van der Waals surface area contributed by atoms with Gasteiger partial charge in [0, 0.05) is 29.4 Å². The Morgan fingerprint density at radius 3 is 2.24 bits per heavy atom. The Kier molecular flexibility index (Phi) is 6.42. The monoisotopic (exact) mass is 457 g/mol. The van der Waals surface area contributed by atoms with E-state index in [4.69, 9.17) is 20.9 Å². The van der Waals surface area contributed by atoms with Gasteiger partial charge in [-0.25, -0.2) is 9.97 Å². The molecule has 2 atom stereocenters. The molecular formula is C28H33N4O2. The second-order valence-corrected chi connectivity index (χ2v) is 9.51. The zero-order valence-electron chi connectivity index (χ0n) is 19.7. The van der Waals surface area contributed by atoms with Crippen LogP contribution in [0.1, 0.15) is 56.1 Å². The van der Waals surface area contributed by atoms with Gasteiger partial charge in [0.25, 0.3) is 0 Å². The molecule has 0 spiro atoms. The minimum absolute atomic E-state index is 0.201. The van der Waals surface area contributed by atoms with Gasteiger partial charge in [0.2, 0.25) is 5.95 Å². The fraction of sp³-hybridized carbons (Fsp3) is 0.393. The first-order valence-corrected chi connectivity index (χ1v) is 12.2. The Hall–Kier alpha value is -3.12. The molecule has 2 saturated carbocycles. The smallest absolute Gasteiger partial charge is 0.219 e. The largest absolute Gasteiger partial charge is 0.493 e. The highest BCUT2D eigenvalue weighted by atomic mass is 16.5. The fourth-order valence-corrected chi connectivity index (χ4v) is 5.36. The number of nitrogens with zero attached hydrogens (tertiary/aromatic N) is 2. The van der Waals surface area contributed by atoms with Gasteiger partial charge in [0.1, 0.15) is 0 Å². The Morgan fingerprint density at radius 1 is 0.882 bits per heavy atom. The van der Waals surface area contributed by atoms with Crippen molar-refractivity contribution in [3.05, 3.63) is 72.4 Å². The first-order valence-electron chi connectivity index (χ1n) is 12.2. The number of anilines is 1. The molecule has 6 nitrogen and oxygen atoms in total. The first kappa shape index (κ1) is 22.7. The van der Waals surface area contributed by atoms with Crippen LogP contribution in [0.2, 0.25) is 0 Å². The molecule has 0 amide bonds. The van der Waals surface area contributed by atoms with Gasteiger partial charge >= 0.3 is 0 Å². The number of hydrogen-bond donors (Lipinski definition) is 2. The van der Waals surface area contributed by atoms with E-state index in [0.29, 0.717) is 0 Å². The highest BCUT2D eigenvalue weighted by molar-refractivity contribution is 5.63. The summed E-state index contributed by atoms with van der Waals surface area (Å²) in [6.45, 7) is 0. The summed E-state index contributed by atoms with van der Waals surface area (Å²) in [5.41, 5.74) is 16.2. The highest BCUT2D eigenvalue weighted by Gasteiger charge is 2.38. The number of aromatic nitrogens is 2. The SMILES string of the molecule is COc1ccc(C2(c3ccc(-c4cnc(N)nc4)cc3)[CH]CC(N)CC2)cc1OC1CCCC1. The molecule has 2 aliphatic carbocycles. The van der Waals surface area contributed by atoms with Gasteiger partial charge < -0.3 is 20.9 Å². The van der Waals surface area contributed by atoms with Gasteiger partial charge in [-0.15, -0.1) is 0 Å². The summed E-state index contributed by atoms with van der Waals surface area (Å²) >= 11 is 0. The van der Waals surface area contributed by atoms with E-state index in [-0.39, 0.29) is 23.5 Å². The molecule has 4 N–H and O–H groups in total. The van der Waals surface area contributed by atoms with Crippen LogP contribution in [-0.4, -0.2) is 29.2 Å². The lowest BCUT2D eigenvalue weighted by molar-refractivity contribution is 0.200. The normalized spacial score (nSPS) is 23.1. The molecule has 34 heavy (non-hydrogen) atoms. The number of rotatable bonds is 6. The number of nitrogens with two attached hydrogens (primary N) is 2. The fourth-order valence-electron chi connectivity index (χ4n) is 5.36. The van der Waals surface area contributed by atoms with Gasteiger partial charge in [-0.1, -0.05) is 30.3 Å². The predicted molar refractivity (Wildman–Crippen MR) is 135 cm³/mol. The molecule has 2 fully saturated rings. The number of benzene rings is 2. The second-order valence-electron chi connectivity index (χ2n) is 9.51. The quantitative estimate of drug-likeness (QED) is 0.537. The average Bonchev–Trinajstić information content (AvgIpc) is 3.38. The summed E-state index contributed by atoms with van der Waals surface area (Å²) in [6, 6.07) is 15.3. The highest BCUT2D eigenvalue weighted by Crippen LogP contribution is 2.46. The molecule has 6 heteroatoms. The van der Waals surface area contributed by atoms with Gasteiger partial charge in [-0.2, -0.15) is 0 Å². The molecule has 2 aliphatic rings. The van der Waals surface area contributed by atoms with E-state index in [1.807, 2.05) is 6.07 Å². The minimum atomic E-state index is -0.230. The van der Waals surface area contributed by atoms with E-state index in [1.54, 1.807) is 19.5 Å². The molecule has 1 radical (unpaired) electrons. The van der Waals surface area contributed by atoms with Crippen molar-refractivity contribution < 1.29 is 9.47 Å². The Morgan fingerprint density at radius 2 is 1.59 bits per heavy atom. The second kappa shape index (κ2) is 9.63. The van der Waals surface area contributed by atoms with Crippen LogP contribution in [0, 0.1) is 6.42 Å². The molecule has 177 valence electrons. The van der Waals surface area contributed by atoms with Crippen molar-refractivity contribution in [3.63, 3.8) is 0 Å². The van der Waals surface area contributed by atoms with Crippen LogP contribution in [-0.2, 0) is 5.41 Å². The molecule has 0 aliphatic heterocycles. The molecular weight excluding hydrogens is 424 g/mol. The van der Waals surface area contributed by atoms with E-state index < -0.39 is 0 Å². The van der Waals surface area contributed by atoms with E-state index in [1.165, 1.54) is 24.0 Å². The summed E-state index contributed by atoms with van der Waals surface area (Å²) < 4.78 is 12.1. The minimum Gasteiger partial charge on any atom is -0.493 e. The van der Waals surface area contributed by atoms with Crippen LogP contribution in [0.5, 0.6) is 11.5 Å². The Bertz CT molecular complexity index is 1100. The van der Waals surface area contributed by atoms with Gasteiger partial charge in [0.05, 0.1) is 13.2 Å². The lowest BCUT2D eigenvalue weighted by atomic mass is 9.64. The van der Waals surface area contributed by atoms with Crippen LogP contribution in [0.25, 0.3) is 11.1 Å². The number of nitrogen functional groups attached to an aromatic ring is 1. The summed E-state index contributed by atoms with van der Waals surface area (Å²) in [5, 5.41) is 0. The zero-order chi connectivity index (χ0) is 23.5. The zero-order valence-corrected chi connectivity index (χ0v) is 19.7. The maximum Gasteiger partial charge on any atom is 0.219 e. The number of ether oxygens (including phenoxy) is 2. The molecule has 3 aromatic rings. The van der Waals surface area contributed by atoms with Gasteiger partial charge in [0.15, 0.2) is 11.5 Å². The van der Waals surface area contributed by atoms with E-state index in [0.717, 1.165) is 54.7 Å². The van der Waals surface area contributed by atoms with E-state index in [9.17, 15) is 0 Å². The molecule has 1 aromatic heterocycles. The third-order valence-corrected chi connectivity index (χ3v) is 7.36. The van der Waals surface area contributed by atoms with Crippen molar-refractivity contribution in [2.45, 2.75) is 62.5 Å². The summed E-state index contributed by atoms with van der Waals surface area (Å²) in [6.07, 6.45) is 13.6. The number of hydrogen-bond acceptors (Lipinski definition) is 6. The van der Waals surface area contributed by atoms with Gasteiger partial charge in [-0.05, 0) is 80.2 Å². The van der Waals surface area contributed by atoms with E-state index >= 15 is 0 Å². The summed E-state index contributed by atoms with van der Waals surface area (Å²) in [7, 11) is 1.71. The third-order valence-electron chi connectivity index (χ3n) is 7.36. The average molecular weight is 458 g/mol. The standard InChI is InChI=1S/C28H33N4O2/c1-33-25-11-10-22(16-26(25)34-24-4-2-3-5-24)28(14-12-23(29)13-15-28)21-8-6-19(7-9-21)20-17-31-27(30)32-18-20/h6-11,14,16-18,23-24H,2-5,12-13,15,29H2,1H3,(H2,30,31,32). The molecule has 5 rings (SSSR count). The van der Waals surface area contributed by atoms with Gasteiger partial charge in [-0.3, -0.25) is 0 Å². The Labute approximate surface area is 201 Å². The van der Waals surface area contributed by atoms with Crippen LogP contribution in [0.4, 0.5) is 5.95 Å². The molecule has 0 bridgehead atoms. The lowest BCUT2D eigenvalue weighted by Gasteiger charge is -2.40. The number of methoxy groups -OCH3 is 1. The predicted octanol–water partition coefficient (Wildman–Crippen LogP) is 5.06. The lowest BCUT2D eigenvalue weighted by Crippen LogP contribution is -2.38. The maximum atomic E-state index is 6.43. The van der Waals surface area contributed by atoms with E-state index in [2.05, 4.69) is 52.8 Å². The summed E-state index contributed by atoms with van der Waals surface area (Å²) in [4.78, 5) is 8.25. The topological polar surface area (TPSA) is 96.3 Å².